The van der Waals surface area contributed by atoms with Gasteiger partial charge in [0.05, 0.1) is 31.5 Å². The lowest BCUT2D eigenvalue weighted by Gasteiger charge is -2.54. The van der Waals surface area contributed by atoms with Crippen molar-refractivity contribution >= 4 is 17.8 Å². The maximum atomic E-state index is 14.5. The number of carbonyl (C=O) groups excluding carboxylic acids is 3. The molecular formula is C34H32F6N6O4. The van der Waals surface area contributed by atoms with Crippen LogP contribution in [0.25, 0.3) is 11.1 Å². The third-order valence-corrected chi connectivity index (χ3v) is 10.8. The van der Waals surface area contributed by atoms with Crippen LogP contribution in [0.4, 0.5) is 31.1 Å². The number of benzene rings is 2. The topological polar surface area (TPSA) is 100 Å². The molecule has 8 rings (SSSR count). The molecule has 50 heavy (non-hydrogen) atoms. The van der Waals surface area contributed by atoms with E-state index in [1.807, 2.05) is 16.9 Å². The second-order valence-electron chi connectivity index (χ2n) is 14.0. The van der Waals surface area contributed by atoms with Crippen molar-refractivity contribution in [1.29, 1.82) is 0 Å². The van der Waals surface area contributed by atoms with Gasteiger partial charge >= 0.3 is 12.2 Å². The standard InChI is InChI=1S/C34H32F6N6O4/c35-24-4-1-20(2-5-24)11-45(31(34(38,39)40)18-32(36,37)19-31)28(47)15-44-29(48)33(42-30(44)49)8-7-22-9-21(3-6-27(22)33)23-10-41-46(12-23)25-13-43(14-25)26-16-50-17-26/h1-6,9-10,12,25-26H,7-8,11,13-19H2,(H,42,49)/t33-/m0/s1. The number of ether oxygens (including phenoxy) is 1. The third-order valence-electron chi connectivity index (χ3n) is 10.8. The summed E-state index contributed by atoms with van der Waals surface area (Å²) >= 11 is 0. The zero-order valence-electron chi connectivity index (χ0n) is 26.6. The van der Waals surface area contributed by atoms with Gasteiger partial charge in [0.25, 0.3) is 11.8 Å². The Labute approximate surface area is 281 Å². The summed E-state index contributed by atoms with van der Waals surface area (Å²) in [5.74, 6) is -6.53. The molecule has 1 spiro atoms. The summed E-state index contributed by atoms with van der Waals surface area (Å²) in [6, 6.07) is 9.38. The molecular weight excluding hydrogens is 670 g/mol. The minimum absolute atomic E-state index is 0.0526. The average molecular weight is 703 g/mol. The molecule has 4 heterocycles. The van der Waals surface area contributed by atoms with Crippen molar-refractivity contribution in [2.45, 2.75) is 67.5 Å². The van der Waals surface area contributed by atoms with E-state index in [0.29, 0.717) is 22.9 Å². The Bertz CT molecular complexity index is 1860. The molecule has 4 amide bonds. The first-order valence-electron chi connectivity index (χ1n) is 16.3. The highest BCUT2D eigenvalue weighted by molar-refractivity contribution is 6.10. The molecule has 3 aliphatic heterocycles. The largest absolute Gasteiger partial charge is 0.412 e. The van der Waals surface area contributed by atoms with Crippen molar-refractivity contribution in [3.05, 3.63) is 77.4 Å². The van der Waals surface area contributed by atoms with E-state index in [1.165, 1.54) is 0 Å². The van der Waals surface area contributed by atoms with Crippen molar-refractivity contribution in [2.24, 2.45) is 0 Å². The van der Waals surface area contributed by atoms with Gasteiger partial charge < -0.3 is 15.0 Å². The van der Waals surface area contributed by atoms with Crippen LogP contribution in [0.15, 0.2) is 54.9 Å². The Hall–Kier alpha value is -4.44. The van der Waals surface area contributed by atoms with E-state index in [9.17, 15) is 40.7 Å². The Kier molecular flexibility index (Phi) is 7.39. The molecule has 2 aromatic carbocycles. The highest BCUT2D eigenvalue weighted by atomic mass is 19.4. The normalized spacial score (nSPS) is 24.5. The first-order chi connectivity index (χ1) is 23.7. The maximum absolute atomic E-state index is 14.5. The van der Waals surface area contributed by atoms with Gasteiger partial charge in [0.1, 0.15) is 23.4 Å². The minimum Gasteiger partial charge on any atom is -0.378 e. The molecule has 1 N–H and O–H groups in total. The van der Waals surface area contributed by atoms with Crippen LogP contribution in [-0.4, -0.2) is 98.9 Å². The predicted molar refractivity (Wildman–Crippen MR) is 163 cm³/mol. The monoisotopic (exact) mass is 702 g/mol. The number of amides is 4. The van der Waals surface area contributed by atoms with Gasteiger partial charge in [-0.05, 0) is 47.2 Å². The smallest absolute Gasteiger partial charge is 0.378 e. The molecule has 1 atom stereocenters. The minimum atomic E-state index is -5.26. The van der Waals surface area contributed by atoms with Gasteiger partial charge in [-0.1, -0.05) is 30.3 Å². The number of halogens is 6. The van der Waals surface area contributed by atoms with Crippen molar-refractivity contribution < 1.29 is 45.5 Å². The Morgan fingerprint density at radius 3 is 2.38 bits per heavy atom. The summed E-state index contributed by atoms with van der Waals surface area (Å²) < 4.78 is 92.3. The molecule has 1 aromatic heterocycles. The summed E-state index contributed by atoms with van der Waals surface area (Å²) in [6.45, 7) is 1.38. The number of nitrogens with zero attached hydrogens (tertiary/aromatic N) is 5. The number of imide groups is 1. The summed E-state index contributed by atoms with van der Waals surface area (Å²) in [7, 11) is 0. The summed E-state index contributed by atoms with van der Waals surface area (Å²) in [4.78, 5) is 44.0. The number of likely N-dealkylation sites (tertiary alicyclic amines) is 1. The molecule has 0 radical (unpaired) electrons. The number of hydrogen-bond acceptors (Lipinski definition) is 6. The third kappa shape index (κ3) is 5.17. The number of aromatic nitrogens is 2. The number of hydrogen-bond donors (Lipinski definition) is 1. The number of urea groups is 1. The van der Waals surface area contributed by atoms with E-state index < -0.39 is 72.8 Å². The lowest BCUT2D eigenvalue weighted by atomic mass is 9.71. The van der Waals surface area contributed by atoms with E-state index in [2.05, 4.69) is 15.3 Å². The van der Waals surface area contributed by atoms with E-state index in [0.717, 1.165) is 67.3 Å². The van der Waals surface area contributed by atoms with Crippen LogP contribution in [0, 0.1) is 5.82 Å². The zero-order chi connectivity index (χ0) is 35.2. The molecule has 10 nitrogen and oxygen atoms in total. The first kappa shape index (κ1) is 32.7. The second kappa shape index (κ2) is 11.3. The van der Waals surface area contributed by atoms with Crippen LogP contribution in [-0.2, 0) is 32.8 Å². The summed E-state index contributed by atoms with van der Waals surface area (Å²) in [6.07, 6.45) is -4.33. The quantitative estimate of drug-likeness (QED) is 0.276. The van der Waals surface area contributed by atoms with Crippen molar-refractivity contribution in [1.82, 2.24) is 29.8 Å². The Morgan fingerprint density at radius 2 is 1.74 bits per heavy atom. The number of rotatable bonds is 8. The molecule has 264 valence electrons. The van der Waals surface area contributed by atoms with E-state index in [-0.39, 0.29) is 22.9 Å². The average Bonchev–Trinajstić information content (AvgIpc) is 3.69. The fraction of sp³-hybridized carbons (Fsp3) is 0.471. The Balaban J connectivity index is 1.01. The highest BCUT2D eigenvalue weighted by Gasteiger charge is 2.73. The fourth-order valence-corrected chi connectivity index (χ4v) is 7.87. The Morgan fingerprint density at radius 1 is 1.02 bits per heavy atom. The lowest BCUT2D eigenvalue weighted by molar-refractivity contribution is -0.307. The van der Waals surface area contributed by atoms with Gasteiger partial charge in [0.15, 0.2) is 0 Å². The molecule has 3 aromatic rings. The number of aryl methyl sites for hydroxylation is 1. The zero-order valence-corrected chi connectivity index (χ0v) is 26.6. The van der Waals surface area contributed by atoms with Crippen LogP contribution >= 0.6 is 0 Å². The highest BCUT2D eigenvalue weighted by Crippen LogP contribution is 2.57. The number of fused-ring (bicyclic) bond motifs is 2. The van der Waals surface area contributed by atoms with Crippen LogP contribution < -0.4 is 5.32 Å². The van der Waals surface area contributed by atoms with Gasteiger partial charge in [-0.15, -0.1) is 0 Å². The molecule has 4 fully saturated rings. The first-order valence-corrected chi connectivity index (χ1v) is 16.3. The van der Waals surface area contributed by atoms with E-state index >= 15 is 0 Å². The number of carbonyl (C=O) groups is 3. The van der Waals surface area contributed by atoms with Gasteiger partial charge in [-0.25, -0.2) is 18.0 Å². The molecule has 3 saturated heterocycles. The second-order valence-corrected chi connectivity index (χ2v) is 14.0. The molecule has 0 bridgehead atoms. The van der Waals surface area contributed by atoms with Crippen molar-refractivity contribution in [2.75, 3.05) is 32.8 Å². The predicted octanol–water partition coefficient (Wildman–Crippen LogP) is 4.40. The SMILES string of the molecule is O=C1N[C@]2(CCc3cc(-c4cnn(C5CN(C6COC6)C5)c4)ccc32)C(=O)N1CC(=O)N(Cc1ccc(F)cc1)C1(C(F)(F)F)CC(F)(F)C1. The van der Waals surface area contributed by atoms with Gasteiger partial charge in [-0.2, -0.15) is 18.3 Å². The maximum Gasteiger partial charge on any atom is 0.412 e. The molecule has 16 heteroatoms. The van der Waals surface area contributed by atoms with Crippen LogP contribution in [0.1, 0.15) is 42.0 Å². The van der Waals surface area contributed by atoms with E-state index in [1.54, 1.807) is 18.3 Å². The van der Waals surface area contributed by atoms with Crippen molar-refractivity contribution in [3.8, 4) is 11.1 Å². The van der Waals surface area contributed by atoms with Crippen molar-refractivity contribution in [3.63, 3.8) is 0 Å². The van der Waals surface area contributed by atoms with Gasteiger partial charge in [0, 0.05) is 44.2 Å². The lowest BCUT2D eigenvalue weighted by Crippen LogP contribution is -2.71. The van der Waals surface area contributed by atoms with Crippen LogP contribution in [0.2, 0.25) is 0 Å². The fourth-order valence-electron chi connectivity index (χ4n) is 7.87. The van der Waals surface area contributed by atoms with E-state index in [4.69, 9.17) is 4.74 Å². The molecule has 2 aliphatic carbocycles. The number of alkyl halides is 5. The number of nitrogens with one attached hydrogen (secondary N) is 1. The molecule has 0 unspecified atom stereocenters. The summed E-state index contributed by atoms with van der Waals surface area (Å²) in [5.41, 5.74) is -1.72. The summed E-state index contributed by atoms with van der Waals surface area (Å²) in [5, 5.41) is 7.21. The van der Waals surface area contributed by atoms with Crippen LogP contribution in [0.5, 0.6) is 0 Å². The van der Waals surface area contributed by atoms with Gasteiger partial charge in [0.2, 0.25) is 5.91 Å². The van der Waals surface area contributed by atoms with Gasteiger partial charge in [-0.3, -0.25) is 24.1 Å². The van der Waals surface area contributed by atoms with Crippen LogP contribution in [0.3, 0.4) is 0 Å². The molecule has 5 aliphatic rings. The molecule has 1 saturated carbocycles.